The highest BCUT2D eigenvalue weighted by Crippen LogP contribution is 2.20. The minimum Gasteiger partial charge on any atom is -0.395 e. The smallest absolute Gasteiger partial charge is 0.255 e. The Bertz CT molecular complexity index is 479. The highest BCUT2D eigenvalue weighted by Gasteiger charge is 2.21. The number of β-amino-alcohol motifs (C(OH)–C–C–N with tert-alkyl or cyclic N) is 1. The van der Waals surface area contributed by atoms with Gasteiger partial charge in [0.15, 0.2) is 0 Å². The molecule has 0 unspecified atom stereocenters. The Balaban J connectivity index is 2.05. The molecule has 1 aromatic carbocycles. The first kappa shape index (κ1) is 15.5. The highest BCUT2D eigenvalue weighted by molar-refractivity contribution is 9.10. The van der Waals surface area contributed by atoms with Crippen molar-refractivity contribution in [2.24, 2.45) is 0 Å². The topological polar surface area (TPSA) is 43.8 Å². The van der Waals surface area contributed by atoms with Crippen LogP contribution in [0.5, 0.6) is 0 Å². The number of hydrogen-bond donors (Lipinski definition) is 1. The Morgan fingerprint density at radius 3 is 2.80 bits per heavy atom. The van der Waals surface area contributed by atoms with Gasteiger partial charge in [0, 0.05) is 30.7 Å². The van der Waals surface area contributed by atoms with Crippen LogP contribution in [0.3, 0.4) is 0 Å². The second kappa shape index (κ2) is 7.20. The van der Waals surface area contributed by atoms with E-state index in [4.69, 9.17) is 5.11 Å². The number of carbonyl (C=O) groups excluding carboxylic acids is 1. The molecule has 0 bridgehead atoms. The van der Waals surface area contributed by atoms with E-state index in [1.54, 1.807) is 0 Å². The fourth-order valence-electron chi connectivity index (χ4n) is 2.50. The van der Waals surface area contributed by atoms with E-state index in [0.29, 0.717) is 6.54 Å². The second-order valence-corrected chi connectivity index (χ2v) is 6.05. The maximum atomic E-state index is 12.6. The molecule has 5 heteroatoms. The van der Waals surface area contributed by atoms with E-state index >= 15 is 0 Å². The third kappa shape index (κ3) is 3.81. The van der Waals surface area contributed by atoms with Crippen molar-refractivity contribution in [3.63, 3.8) is 0 Å². The number of aliphatic hydroxyl groups excluding tert-OH is 1. The lowest BCUT2D eigenvalue weighted by molar-refractivity contribution is 0.0759. The number of rotatable bonds is 3. The van der Waals surface area contributed by atoms with Crippen molar-refractivity contribution in [2.75, 3.05) is 39.3 Å². The zero-order valence-corrected chi connectivity index (χ0v) is 13.4. The molecular weight excluding hydrogens is 320 g/mol. The van der Waals surface area contributed by atoms with Crippen molar-refractivity contribution < 1.29 is 9.90 Å². The maximum Gasteiger partial charge on any atom is 0.255 e. The number of carbonyl (C=O) groups is 1. The normalized spacial score (nSPS) is 17.1. The van der Waals surface area contributed by atoms with Crippen LogP contribution >= 0.6 is 15.9 Å². The summed E-state index contributed by atoms with van der Waals surface area (Å²) in [7, 11) is 0. The van der Waals surface area contributed by atoms with Crippen LogP contribution in [0.1, 0.15) is 22.3 Å². The van der Waals surface area contributed by atoms with Gasteiger partial charge in [-0.15, -0.1) is 0 Å². The molecule has 1 heterocycles. The number of aliphatic hydroxyl groups is 1. The predicted molar refractivity (Wildman–Crippen MR) is 82.9 cm³/mol. The summed E-state index contributed by atoms with van der Waals surface area (Å²) in [6.07, 6.45) is 0.954. The summed E-state index contributed by atoms with van der Waals surface area (Å²) in [4.78, 5) is 16.7. The molecule has 1 aromatic rings. The third-order valence-corrected chi connectivity index (χ3v) is 4.30. The molecule has 0 saturated carbocycles. The average molecular weight is 341 g/mol. The fourth-order valence-corrected chi connectivity index (χ4v) is 3.17. The molecule has 0 spiro atoms. The van der Waals surface area contributed by atoms with Crippen LogP contribution < -0.4 is 0 Å². The highest BCUT2D eigenvalue weighted by atomic mass is 79.9. The van der Waals surface area contributed by atoms with Crippen molar-refractivity contribution in [1.82, 2.24) is 9.80 Å². The number of benzene rings is 1. The van der Waals surface area contributed by atoms with Crippen molar-refractivity contribution >= 4 is 21.8 Å². The van der Waals surface area contributed by atoms with Gasteiger partial charge in [0.05, 0.1) is 12.2 Å². The first-order chi connectivity index (χ1) is 9.61. The van der Waals surface area contributed by atoms with Crippen LogP contribution in [0.4, 0.5) is 0 Å². The van der Waals surface area contributed by atoms with E-state index in [1.807, 2.05) is 30.0 Å². The number of halogens is 1. The molecule has 2 rings (SSSR count). The van der Waals surface area contributed by atoms with Crippen LogP contribution in [0.2, 0.25) is 0 Å². The predicted octanol–water partition coefficient (Wildman–Crippen LogP) is 1.90. The van der Waals surface area contributed by atoms with Gasteiger partial charge in [-0.25, -0.2) is 0 Å². The molecule has 0 atom stereocenters. The van der Waals surface area contributed by atoms with E-state index in [1.165, 1.54) is 0 Å². The largest absolute Gasteiger partial charge is 0.395 e. The Kier molecular flexibility index (Phi) is 5.57. The van der Waals surface area contributed by atoms with Gasteiger partial charge in [0.1, 0.15) is 0 Å². The first-order valence-electron chi connectivity index (χ1n) is 7.00. The van der Waals surface area contributed by atoms with Crippen LogP contribution in [-0.4, -0.2) is 60.1 Å². The quantitative estimate of drug-likeness (QED) is 0.913. The number of amides is 1. The van der Waals surface area contributed by atoms with Crippen LogP contribution in [-0.2, 0) is 0 Å². The summed E-state index contributed by atoms with van der Waals surface area (Å²) in [6.45, 7) is 6.15. The van der Waals surface area contributed by atoms with Gasteiger partial charge in [-0.05, 0) is 53.5 Å². The molecule has 1 saturated heterocycles. The second-order valence-electron chi connectivity index (χ2n) is 5.19. The summed E-state index contributed by atoms with van der Waals surface area (Å²) < 4.78 is 0.860. The molecule has 1 aliphatic rings. The van der Waals surface area contributed by atoms with Crippen molar-refractivity contribution in [2.45, 2.75) is 13.3 Å². The van der Waals surface area contributed by atoms with E-state index in [2.05, 4.69) is 20.8 Å². The minimum atomic E-state index is 0.0859. The van der Waals surface area contributed by atoms with Crippen molar-refractivity contribution in [3.8, 4) is 0 Å². The minimum absolute atomic E-state index is 0.0859. The first-order valence-corrected chi connectivity index (χ1v) is 7.80. The molecule has 0 aliphatic carbocycles. The van der Waals surface area contributed by atoms with Crippen molar-refractivity contribution in [3.05, 3.63) is 33.8 Å². The van der Waals surface area contributed by atoms with Gasteiger partial charge >= 0.3 is 0 Å². The Morgan fingerprint density at radius 2 is 2.10 bits per heavy atom. The summed E-state index contributed by atoms with van der Waals surface area (Å²) >= 11 is 3.48. The summed E-state index contributed by atoms with van der Waals surface area (Å²) in [6, 6.07) is 5.83. The molecule has 1 aliphatic heterocycles. The third-order valence-electron chi connectivity index (χ3n) is 3.65. The molecule has 1 N–H and O–H groups in total. The Labute approximate surface area is 128 Å². The van der Waals surface area contributed by atoms with Crippen LogP contribution in [0, 0.1) is 6.92 Å². The van der Waals surface area contributed by atoms with E-state index in [9.17, 15) is 4.79 Å². The van der Waals surface area contributed by atoms with Crippen LogP contribution in [0.15, 0.2) is 22.7 Å². The summed E-state index contributed by atoms with van der Waals surface area (Å²) in [5.74, 6) is 0.0859. The molecule has 0 radical (unpaired) electrons. The lowest BCUT2D eigenvalue weighted by Gasteiger charge is -2.22. The van der Waals surface area contributed by atoms with E-state index in [-0.39, 0.29) is 12.5 Å². The SMILES string of the molecule is Cc1ccc(C(=O)N2CCCN(CCO)CC2)c(Br)c1. The van der Waals surface area contributed by atoms with Crippen LogP contribution in [0.25, 0.3) is 0 Å². The Hall–Kier alpha value is -0.910. The van der Waals surface area contributed by atoms with Gasteiger partial charge in [-0.3, -0.25) is 9.69 Å². The molecule has 110 valence electrons. The number of aryl methyl sites for hydroxylation is 1. The average Bonchev–Trinajstić information content (AvgIpc) is 2.64. The van der Waals surface area contributed by atoms with Gasteiger partial charge in [-0.2, -0.15) is 0 Å². The monoisotopic (exact) mass is 340 g/mol. The standard InChI is InChI=1S/C15H21BrN2O2/c1-12-3-4-13(14(16)11-12)15(20)18-6-2-5-17(7-8-18)9-10-19/h3-4,11,19H,2,5-10H2,1H3. The van der Waals surface area contributed by atoms with Crippen molar-refractivity contribution in [1.29, 1.82) is 0 Å². The Morgan fingerprint density at radius 1 is 1.30 bits per heavy atom. The number of hydrogen-bond acceptors (Lipinski definition) is 3. The summed E-state index contributed by atoms with van der Waals surface area (Å²) in [5.41, 5.74) is 1.87. The lowest BCUT2D eigenvalue weighted by Crippen LogP contribution is -2.36. The molecule has 0 aromatic heterocycles. The molecule has 1 amide bonds. The lowest BCUT2D eigenvalue weighted by atomic mass is 10.1. The zero-order chi connectivity index (χ0) is 14.5. The summed E-state index contributed by atoms with van der Waals surface area (Å²) in [5, 5.41) is 9.00. The molecule has 1 fully saturated rings. The maximum absolute atomic E-state index is 12.6. The fraction of sp³-hybridized carbons (Fsp3) is 0.533. The van der Waals surface area contributed by atoms with Gasteiger partial charge in [0.25, 0.3) is 5.91 Å². The van der Waals surface area contributed by atoms with Gasteiger partial charge < -0.3 is 10.0 Å². The van der Waals surface area contributed by atoms with Gasteiger partial charge in [0.2, 0.25) is 0 Å². The molecule has 20 heavy (non-hydrogen) atoms. The zero-order valence-electron chi connectivity index (χ0n) is 11.8. The van der Waals surface area contributed by atoms with E-state index in [0.717, 1.165) is 48.2 Å². The molecule has 4 nitrogen and oxygen atoms in total. The van der Waals surface area contributed by atoms with Gasteiger partial charge in [-0.1, -0.05) is 6.07 Å². The van der Waals surface area contributed by atoms with E-state index < -0.39 is 0 Å². The number of nitrogens with zero attached hydrogens (tertiary/aromatic N) is 2. The molecular formula is C15H21BrN2O2.